The van der Waals surface area contributed by atoms with Crippen molar-refractivity contribution < 1.29 is 8.42 Å². The molecule has 0 spiro atoms. The normalized spacial score (nSPS) is 13.6. The van der Waals surface area contributed by atoms with Crippen molar-refractivity contribution in [3.8, 4) is 0 Å². The second-order valence-electron chi connectivity index (χ2n) is 10.9. The van der Waals surface area contributed by atoms with Crippen molar-refractivity contribution in [3.05, 3.63) is 150 Å². The summed E-state index contributed by atoms with van der Waals surface area (Å²) in [5.41, 5.74) is 10.1. The Kier molecular flexibility index (Phi) is 6.51. The van der Waals surface area contributed by atoms with E-state index in [1.54, 1.807) is 12.1 Å². The van der Waals surface area contributed by atoms with Crippen LogP contribution in [0.4, 0.5) is 0 Å². The van der Waals surface area contributed by atoms with Crippen molar-refractivity contribution >= 4 is 53.1 Å². The monoisotopic (exact) mass is 566 g/mol. The molecule has 0 saturated heterocycles. The van der Waals surface area contributed by atoms with Crippen LogP contribution in [0.1, 0.15) is 28.8 Å². The van der Waals surface area contributed by atoms with Gasteiger partial charge in [-0.1, -0.05) is 115 Å². The molecule has 0 aliphatic carbocycles. The van der Waals surface area contributed by atoms with Gasteiger partial charge >= 0.3 is 0 Å². The molecule has 0 amide bonds. The van der Waals surface area contributed by atoms with Gasteiger partial charge < -0.3 is 5.73 Å². The topological polar surface area (TPSA) is 72.2 Å². The van der Waals surface area contributed by atoms with Crippen molar-refractivity contribution in [1.29, 1.82) is 0 Å². The highest BCUT2D eigenvalue weighted by atomic mass is 32.2. The van der Waals surface area contributed by atoms with Crippen LogP contribution in [-0.4, -0.2) is 8.42 Å². The maximum absolute atomic E-state index is 14.1. The van der Waals surface area contributed by atoms with Gasteiger partial charge in [0.15, 0.2) is 0 Å². The highest BCUT2D eigenvalue weighted by Crippen LogP contribution is 2.42. The molecular formula is C37H30N2O2S. The molecule has 0 aliphatic heterocycles. The molecule has 7 aromatic rings. The fraction of sp³-hybridized carbons (Fsp3) is 0.0811. The van der Waals surface area contributed by atoms with E-state index < -0.39 is 22.1 Å². The summed E-state index contributed by atoms with van der Waals surface area (Å²) in [6.45, 7) is 1.94. The third-order valence-electron chi connectivity index (χ3n) is 8.24. The average molecular weight is 567 g/mol. The lowest BCUT2D eigenvalue weighted by molar-refractivity contribution is 0.512. The van der Waals surface area contributed by atoms with Crippen molar-refractivity contribution in [3.63, 3.8) is 0 Å². The Morgan fingerprint density at radius 1 is 0.548 bits per heavy atom. The quantitative estimate of drug-likeness (QED) is 0.199. The van der Waals surface area contributed by atoms with Crippen molar-refractivity contribution in [2.45, 2.75) is 23.9 Å². The van der Waals surface area contributed by atoms with E-state index in [1.807, 2.05) is 67.6 Å². The zero-order valence-corrected chi connectivity index (χ0v) is 24.0. The summed E-state index contributed by atoms with van der Waals surface area (Å²) in [6.07, 6.45) is 0. The summed E-state index contributed by atoms with van der Waals surface area (Å²) in [6, 6.07) is 42.3. The Hall–Kier alpha value is -4.55. The third kappa shape index (κ3) is 4.52. The van der Waals surface area contributed by atoms with Gasteiger partial charge in [0.25, 0.3) is 0 Å². The Morgan fingerprint density at radius 3 is 1.36 bits per heavy atom. The molecular weight excluding hydrogens is 536 g/mol. The van der Waals surface area contributed by atoms with Gasteiger partial charge in [-0.2, -0.15) is 0 Å². The second-order valence-corrected chi connectivity index (χ2v) is 12.6. The molecule has 0 unspecified atom stereocenters. The predicted octanol–water partition coefficient (Wildman–Crippen LogP) is 8.33. The average Bonchev–Trinajstić information content (AvgIpc) is 3.01. The SMILES string of the molecule is Cc1ccc(S(=O)(=O)N[C@@H](c2c3ccccc3cc3ccccc23)[C@@H](N)c2c3ccccc3cc3ccccc23)cc1. The van der Waals surface area contributed by atoms with E-state index in [0.717, 1.165) is 59.8 Å². The van der Waals surface area contributed by atoms with Crippen LogP contribution in [0.25, 0.3) is 43.1 Å². The molecule has 3 N–H and O–H groups in total. The Morgan fingerprint density at radius 2 is 0.929 bits per heavy atom. The summed E-state index contributed by atoms with van der Waals surface area (Å²) in [5.74, 6) is 0. The second kappa shape index (κ2) is 10.4. The van der Waals surface area contributed by atoms with E-state index in [0.29, 0.717) is 0 Å². The smallest absolute Gasteiger partial charge is 0.241 e. The molecule has 7 rings (SSSR count). The van der Waals surface area contributed by atoms with Crippen LogP contribution >= 0.6 is 0 Å². The Labute approximate surface area is 245 Å². The van der Waals surface area contributed by atoms with E-state index in [2.05, 4.69) is 65.4 Å². The minimum atomic E-state index is -3.95. The molecule has 4 nitrogen and oxygen atoms in total. The summed E-state index contributed by atoms with van der Waals surface area (Å²) < 4.78 is 31.3. The number of hydrogen-bond donors (Lipinski definition) is 2. The van der Waals surface area contributed by atoms with Crippen LogP contribution in [0, 0.1) is 6.92 Å². The third-order valence-corrected chi connectivity index (χ3v) is 9.70. The van der Waals surface area contributed by atoms with Gasteiger partial charge in [-0.3, -0.25) is 0 Å². The highest BCUT2D eigenvalue weighted by Gasteiger charge is 2.32. The van der Waals surface area contributed by atoms with Crippen LogP contribution in [0.3, 0.4) is 0 Å². The highest BCUT2D eigenvalue weighted by molar-refractivity contribution is 7.89. The summed E-state index contributed by atoms with van der Waals surface area (Å²) in [4.78, 5) is 0.206. The molecule has 2 atom stereocenters. The molecule has 0 heterocycles. The van der Waals surface area contributed by atoms with Crippen molar-refractivity contribution in [2.24, 2.45) is 5.73 Å². The fourth-order valence-electron chi connectivity index (χ4n) is 6.22. The van der Waals surface area contributed by atoms with Gasteiger partial charge in [-0.15, -0.1) is 0 Å². The summed E-state index contributed by atoms with van der Waals surface area (Å²) >= 11 is 0. The molecule has 0 radical (unpaired) electrons. The number of rotatable bonds is 6. The lowest BCUT2D eigenvalue weighted by Gasteiger charge is -2.30. The maximum Gasteiger partial charge on any atom is 0.241 e. The lowest BCUT2D eigenvalue weighted by Crippen LogP contribution is -2.36. The molecule has 42 heavy (non-hydrogen) atoms. The molecule has 206 valence electrons. The Balaban J connectivity index is 1.55. The minimum Gasteiger partial charge on any atom is -0.322 e. The van der Waals surface area contributed by atoms with Crippen molar-refractivity contribution in [1.82, 2.24) is 4.72 Å². The number of benzene rings is 7. The first-order chi connectivity index (χ1) is 20.4. The van der Waals surface area contributed by atoms with Crippen LogP contribution in [-0.2, 0) is 10.0 Å². The van der Waals surface area contributed by atoms with E-state index in [1.165, 1.54) is 0 Å². The van der Waals surface area contributed by atoms with Gasteiger partial charge in [0.1, 0.15) is 0 Å². The van der Waals surface area contributed by atoms with Gasteiger partial charge in [0.2, 0.25) is 10.0 Å². The number of hydrogen-bond acceptors (Lipinski definition) is 3. The molecule has 0 aliphatic rings. The van der Waals surface area contributed by atoms with Crippen molar-refractivity contribution in [2.75, 3.05) is 0 Å². The molecule has 0 aromatic heterocycles. The van der Waals surface area contributed by atoms with Crippen LogP contribution in [0.5, 0.6) is 0 Å². The van der Waals surface area contributed by atoms with Crippen LogP contribution in [0.2, 0.25) is 0 Å². The van der Waals surface area contributed by atoms with E-state index in [9.17, 15) is 8.42 Å². The van der Waals surface area contributed by atoms with Gasteiger partial charge in [-0.05, 0) is 85.4 Å². The molecule has 0 bridgehead atoms. The first-order valence-corrected chi connectivity index (χ1v) is 15.5. The molecule has 7 aromatic carbocycles. The summed E-state index contributed by atoms with van der Waals surface area (Å²) in [5, 5.41) is 8.12. The standard InChI is InChI=1S/C37H30N2O2S/c1-24-18-20-29(21-19-24)42(40,41)39-37(35-32-16-8-4-12-27(32)23-28-13-5-9-17-33(28)35)36(38)34-30-14-6-2-10-25(30)22-26-11-3-7-15-31(26)34/h2-23,36-37,39H,38H2,1H3/t36-,37-/m0/s1. The first-order valence-electron chi connectivity index (χ1n) is 14.1. The van der Waals surface area contributed by atoms with Gasteiger partial charge in [0.05, 0.1) is 17.0 Å². The Bertz CT molecular complexity index is 2120. The number of sulfonamides is 1. The lowest BCUT2D eigenvalue weighted by atomic mass is 9.84. The zero-order valence-electron chi connectivity index (χ0n) is 23.2. The predicted molar refractivity (Wildman–Crippen MR) is 174 cm³/mol. The fourth-order valence-corrected chi connectivity index (χ4v) is 7.45. The number of nitrogens with two attached hydrogens (primary N) is 1. The number of nitrogens with one attached hydrogen (secondary N) is 1. The number of fused-ring (bicyclic) bond motifs is 4. The van der Waals surface area contributed by atoms with E-state index >= 15 is 0 Å². The largest absolute Gasteiger partial charge is 0.322 e. The maximum atomic E-state index is 14.1. The van der Waals surface area contributed by atoms with Gasteiger partial charge in [-0.25, -0.2) is 13.1 Å². The molecule has 0 fully saturated rings. The zero-order chi connectivity index (χ0) is 28.8. The molecule has 0 saturated carbocycles. The van der Waals surface area contributed by atoms with Crippen LogP contribution in [0.15, 0.2) is 138 Å². The first kappa shape index (κ1) is 26.4. The van der Waals surface area contributed by atoms with Gasteiger partial charge in [0, 0.05) is 0 Å². The van der Waals surface area contributed by atoms with E-state index in [4.69, 9.17) is 5.73 Å². The summed E-state index contributed by atoms with van der Waals surface area (Å²) in [7, 11) is -3.95. The molecule has 5 heteroatoms. The minimum absolute atomic E-state index is 0.206. The van der Waals surface area contributed by atoms with Crippen LogP contribution < -0.4 is 10.5 Å². The number of aryl methyl sites for hydroxylation is 1. The van der Waals surface area contributed by atoms with E-state index in [-0.39, 0.29) is 4.90 Å².